The lowest BCUT2D eigenvalue weighted by Gasteiger charge is -2.10. The van der Waals surface area contributed by atoms with Crippen LogP contribution in [0, 0.1) is 5.92 Å². The zero-order valence-corrected chi connectivity index (χ0v) is 8.82. The van der Waals surface area contributed by atoms with E-state index in [1.165, 1.54) is 0 Å². The van der Waals surface area contributed by atoms with Crippen molar-refractivity contribution in [1.82, 2.24) is 5.32 Å². The maximum atomic E-state index is 5.50. The molecular weight excluding hydrogens is 174 g/mol. The number of methoxy groups -OCH3 is 1. The Labute approximate surface area is 79.9 Å². The SMILES string of the molecule is COCC(C)CNCC(C)=CCl. The van der Waals surface area contributed by atoms with E-state index in [0.717, 1.165) is 25.3 Å². The summed E-state index contributed by atoms with van der Waals surface area (Å²) in [6.07, 6.45) is 0. The molecule has 0 amide bonds. The molecule has 0 heterocycles. The lowest BCUT2D eigenvalue weighted by atomic mass is 10.2. The fourth-order valence-corrected chi connectivity index (χ4v) is 0.975. The van der Waals surface area contributed by atoms with Gasteiger partial charge in [0.2, 0.25) is 0 Å². The molecule has 3 heteroatoms. The highest BCUT2D eigenvalue weighted by Crippen LogP contribution is 1.95. The Morgan fingerprint density at radius 1 is 1.67 bits per heavy atom. The molecule has 0 bridgehead atoms. The molecule has 0 spiro atoms. The van der Waals surface area contributed by atoms with Crippen LogP contribution < -0.4 is 5.32 Å². The van der Waals surface area contributed by atoms with Gasteiger partial charge in [0.05, 0.1) is 0 Å². The monoisotopic (exact) mass is 191 g/mol. The predicted molar refractivity (Wildman–Crippen MR) is 53.5 cm³/mol. The van der Waals surface area contributed by atoms with Crippen LogP contribution in [0.1, 0.15) is 13.8 Å². The van der Waals surface area contributed by atoms with Crippen LogP contribution in [0.15, 0.2) is 11.1 Å². The highest BCUT2D eigenvalue weighted by atomic mass is 35.5. The first kappa shape index (κ1) is 11.9. The quantitative estimate of drug-likeness (QED) is 0.694. The molecule has 1 N–H and O–H groups in total. The summed E-state index contributed by atoms with van der Waals surface area (Å²) in [5.41, 5.74) is 2.76. The van der Waals surface area contributed by atoms with Gasteiger partial charge in [0.15, 0.2) is 0 Å². The second-order valence-corrected chi connectivity index (χ2v) is 3.37. The van der Waals surface area contributed by atoms with Gasteiger partial charge in [-0.25, -0.2) is 0 Å². The van der Waals surface area contributed by atoms with Crippen molar-refractivity contribution in [3.05, 3.63) is 11.1 Å². The first-order chi connectivity index (χ1) is 5.70. The molecule has 0 rings (SSSR count). The Morgan fingerprint density at radius 2 is 2.33 bits per heavy atom. The van der Waals surface area contributed by atoms with E-state index in [9.17, 15) is 0 Å². The van der Waals surface area contributed by atoms with Gasteiger partial charge in [-0.15, -0.1) is 0 Å². The molecule has 0 aliphatic heterocycles. The largest absolute Gasteiger partial charge is 0.384 e. The average molecular weight is 192 g/mol. The molecule has 2 nitrogen and oxygen atoms in total. The van der Waals surface area contributed by atoms with Crippen LogP contribution >= 0.6 is 11.6 Å². The molecular formula is C9H18ClNO. The minimum Gasteiger partial charge on any atom is -0.384 e. The maximum Gasteiger partial charge on any atom is 0.0499 e. The van der Waals surface area contributed by atoms with Crippen molar-refractivity contribution in [2.45, 2.75) is 13.8 Å². The molecule has 72 valence electrons. The van der Waals surface area contributed by atoms with Crippen LogP contribution in [-0.2, 0) is 4.74 Å². The van der Waals surface area contributed by atoms with Crippen LogP contribution in [-0.4, -0.2) is 26.8 Å². The van der Waals surface area contributed by atoms with E-state index in [1.807, 2.05) is 6.92 Å². The Balaban J connectivity index is 3.30. The fraction of sp³-hybridized carbons (Fsp3) is 0.778. The Bertz CT molecular complexity index is 136. The standard InChI is InChI=1S/C9H18ClNO/c1-8(4-10)5-11-6-9(2)7-12-3/h4,9,11H,5-7H2,1-3H3. The molecule has 0 aromatic carbocycles. The number of ether oxygens (including phenoxy) is 1. The first-order valence-corrected chi connectivity index (χ1v) is 4.59. The summed E-state index contributed by atoms with van der Waals surface area (Å²) >= 11 is 5.50. The molecule has 12 heavy (non-hydrogen) atoms. The lowest BCUT2D eigenvalue weighted by Crippen LogP contribution is -2.25. The summed E-state index contributed by atoms with van der Waals surface area (Å²) in [6, 6.07) is 0. The molecule has 1 unspecified atom stereocenters. The van der Waals surface area contributed by atoms with Gasteiger partial charge in [0.1, 0.15) is 0 Å². The number of nitrogens with one attached hydrogen (secondary N) is 1. The molecule has 0 fully saturated rings. The molecule has 0 aromatic heterocycles. The van der Waals surface area contributed by atoms with E-state index in [0.29, 0.717) is 5.92 Å². The first-order valence-electron chi connectivity index (χ1n) is 4.16. The van der Waals surface area contributed by atoms with Gasteiger partial charge in [0, 0.05) is 32.3 Å². The van der Waals surface area contributed by atoms with Crippen LogP contribution in [0.2, 0.25) is 0 Å². The molecule has 0 radical (unpaired) electrons. The van der Waals surface area contributed by atoms with Gasteiger partial charge in [-0.1, -0.05) is 18.5 Å². The van der Waals surface area contributed by atoms with E-state index in [4.69, 9.17) is 16.3 Å². The zero-order valence-electron chi connectivity index (χ0n) is 8.06. The Hall–Kier alpha value is -0.0500. The van der Waals surface area contributed by atoms with E-state index in [1.54, 1.807) is 12.6 Å². The number of hydrogen-bond acceptors (Lipinski definition) is 2. The minimum atomic E-state index is 0.554. The van der Waals surface area contributed by atoms with Crippen molar-refractivity contribution in [2.24, 2.45) is 5.92 Å². The van der Waals surface area contributed by atoms with Gasteiger partial charge in [-0.05, 0) is 18.4 Å². The average Bonchev–Trinajstić information content (AvgIpc) is 2.04. The van der Waals surface area contributed by atoms with Crippen LogP contribution in [0.4, 0.5) is 0 Å². The predicted octanol–water partition coefficient (Wildman–Crippen LogP) is 2.00. The fourth-order valence-electron chi connectivity index (χ4n) is 0.898. The molecule has 0 saturated carbocycles. The summed E-state index contributed by atoms with van der Waals surface area (Å²) in [6.45, 7) is 6.78. The van der Waals surface area contributed by atoms with Gasteiger partial charge in [0.25, 0.3) is 0 Å². The van der Waals surface area contributed by atoms with Crippen molar-refractivity contribution < 1.29 is 4.74 Å². The highest BCUT2D eigenvalue weighted by molar-refractivity contribution is 6.25. The molecule has 0 aliphatic carbocycles. The minimum absolute atomic E-state index is 0.554. The number of hydrogen-bond donors (Lipinski definition) is 1. The van der Waals surface area contributed by atoms with Crippen molar-refractivity contribution in [1.29, 1.82) is 0 Å². The topological polar surface area (TPSA) is 21.3 Å². The second kappa shape index (κ2) is 7.59. The second-order valence-electron chi connectivity index (χ2n) is 3.15. The van der Waals surface area contributed by atoms with Gasteiger partial charge >= 0.3 is 0 Å². The van der Waals surface area contributed by atoms with Gasteiger partial charge < -0.3 is 10.1 Å². The normalized spacial score (nSPS) is 14.8. The zero-order chi connectivity index (χ0) is 9.40. The highest BCUT2D eigenvalue weighted by Gasteiger charge is 1.99. The summed E-state index contributed by atoms with van der Waals surface area (Å²) in [5.74, 6) is 0.554. The third kappa shape index (κ3) is 6.65. The molecule has 1 atom stereocenters. The summed E-state index contributed by atoms with van der Waals surface area (Å²) in [7, 11) is 1.72. The number of halogens is 1. The smallest absolute Gasteiger partial charge is 0.0499 e. The Kier molecular flexibility index (Phi) is 7.56. The van der Waals surface area contributed by atoms with Crippen LogP contribution in [0.3, 0.4) is 0 Å². The molecule has 0 aliphatic rings. The lowest BCUT2D eigenvalue weighted by molar-refractivity contribution is 0.159. The third-order valence-electron chi connectivity index (χ3n) is 1.53. The van der Waals surface area contributed by atoms with Crippen molar-refractivity contribution in [2.75, 3.05) is 26.8 Å². The Morgan fingerprint density at radius 3 is 2.83 bits per heavy atom. The van der Waals surface area contributed by atoms with Crippen molar-refractivity contribution in [3.8, 4) is 0 Å². The van der Waals surface area contributed by atoms with E-state index >= 15 is 0 Å². The van der Waals surface area contributed by atoms with E-state index < -0.39 is 0 Å². The third-order valence-corrected chi connectivity index (χ3v) is 1.91. The van der Waals surface area contributed by atoms with Gasteiger partial charge in [-0.3, -0.25) is 0 Å². The van der Waals surface area contributed by atoms with Crippen LogP contribution in [0.5, 0.6) is 0 Å². The van der Waals surface area contributed by atoms with Crippen molar-refractivity contribution in [3.63, 3.8) is 0 Å². The molecule has 0 saturated heterocycles. The van der Waals surface area contributed by atoms with Gasteiger partial charge in [-0.2, -0.15) is 0 Å². The summed E-state index contributed by atoms with van der Waals surface area (Å²) < 4.78 is 5.01. The number of rotatable bonds is 6. The summed E-state index contributed by atoms with van der Waals surface area (Å²) in [5, 5.41) is 3.29. The van der Waals surface area contributed by atoms with E-state index in [-0.39, 0.29) is 0 Å². The maximum absolute atomic E-state index is 5.50. The molecule has 0 aromatic rings. The van der Waals surface area contributed by atoms with Crippen molar-refractivity contribution >= 4 is 11.6 Å². The van der Waals surface area contributed by atoms with Crippen LogP contribution in [0.25, 0.3) is 0 Å². The summed E-state index contributed by atoms with van der Waals surface area (Å²) in [4.78, 5) is 0. The van der Waals surface area contributed by atoms with E-state index in [2.05, 4.69) is 12.2 Å².